The Morgan fingerprint density at radius 3 is 2.81 bits per heavy atom. The summed E-state index contributed by atoms with van der Waals surface area (Å²) in [4.78, 5) is 26.4. The minimum Gasteiger partial charge on any atom is -0.495 e. The van der Waals surface area contributed by atoms with Gasteiger partial charge >= 0.3 is 6.03 Å². The first-order valence-corrected chi connectivity index (χ1v) is 8.95. The van der Waals surface area contributed by atoms with Crippen LogP contribution in [0.4, 0.5) is 10.6 Å². The van der Waals surface area contributed by atoms with E-state index in [-0.39, 0.29) is 5.91 Å². The standard InChI is InChI=1S/C18H22ClN5O3/c1-11-8-16(23(2)22-11)24-7-6-14(17(24)25)21-18(26)20-10-12-4-5-15(27-3)13(19)9-12/h4-5,8-9,14H,6-7,10H2,1-3H3,(H2,20,21,26). The molecule has 1 aromatic heterocycles. The summed E-state index contributed by atoms with van der Waals surface area (Å²) < 4.78 is 6.77. The summed E-state index contributed by atoms with van der Waals surface area (Å²) in [5, 5.41) is 10.2. The van der Waals surface area contributed by atoms with Gasteiger partial charge in [-0.2, -0.15) is 5.10 Å². The highest BCUT2D eigenvalue weighted by atomic mass is 35.5. The van der Waals surface area contributed by atoms with Gasteiger partial charge in [0.25, 0.3) is 5.91 Å². The zero-order valence-electron chi connectivity index (χ0n) is 15.5. The molecule has 2 heterocycles. The van der Waals surface area contributed by atoms with E-state index in [9.17, 15) is 9.59 Å². The molecule has 0 saturated carbocycles. The zero-order chi connectivity index (χ0) is 19.6. The van der Waals surface area contributed by atoms with Crippen LogP contribution in [0, 0.1) is 6.92 Å². The molecular weight excluding hydrogens is 370 g/mol. The Morgan fingerprint density at radius 1 is 1.41 bits per heavy atom. The number of carbonyl (C=O) groups excluding carboxylic acids is 2. The topological polar surface area (TPSA) is 88.5 Å². The number of amides is 3. The van der Waals surface area contributed by atoms with Crippen molar-refractivity contribution in [3.8, 4) is 5.75 Å². The van der Waals surface area contributed by atoms with Crippen LogP contribution in [-0.4, -0.2) is 41.4 Å². The summed E-state index contributed by atoms with van der Waals surface area (Å²) in [6, 6.07) is 6.19. The largest absolute Gasteiger partial charge is 0.495 e. The molecule has 27 heavy (non-hydrogen) atoms. The summed E-state index contributed by atoms with van der Waals surface area (Å²) in [6.45, 7) is 2.70. The molecule has 0 bridgehead atoms. The predicted octanol–water partition coefficient (Wildman–Crippen LogP) is 2.00. The number of hydrogen-bond acceptors (Lipinski definition) is 4. The van der Waals surface area contributed by atoms with E-state index in [1.807, 2.05) is 19.1 Å². The van der Waals surface area contributed by atoms with Crippen molar-refractivity contribution in [1.29, 1.82) is 0 Å². The van der Waals surface area contributed by atoms with Crippen LogP contribution in [-0.2, 0) is 18.4 Å². The predicted molar refractivity (Wildman–Crippen MR) is 102 cm³/mol. The van der Waals surface area contributed by atoms with E-state index in [2.05, 4.69) is 15.7 Å². The third-order valence-corrected chi connectivity index (χ3v) is 4.73. The molecule has 1 unspecified atom stereocenters. The van der Waals surface area contributed by atoms with Crippen molar-refractivity contribution < 1.29 is 14.3 Å². The summed E-state index contributed by atoms with van der Waals surface area (Å²) >= 11 is 6.08. The maximum atomic E-state index is 12.6. The number of aromatic nitrogens is 2. The average Bonchev–Trinajstić information content (AvgIpc) is 3.15. The normalized spacial score (nSPS) is 16.5. The second-order valence-corrected chi connectivity index (χ2v) is 6.80. The van der Waals surface area contributed by atoms with Gasteiger partial charge in [0.1, 0.15) is 17.6 Å². The van der Waals surface area contributed by atoms with E-state index in [0.29, 0.717) is 30.3 Å². The van der Waals surface area contributed by atoms with E-state index in [4.69, 9.17) is 16.3 Å². The Labute approximate surface area is 162 Å². The lowest BCUT2D eigenvalue weighted by Gasteiger charge is -2.17. The lowest BCUT2D eigenvalue weighted by molar-refractivity contribution is -0.118. The van der Waals surface area contributed by atoms with Crippen LogP contribution >= 0.6 is 11.6 Å². The first kappa shape index (κ1) is 19.0. The Balaban J connectivity index is 1.55. The Kier molecular flexibility index (Phi) is 5.55. The molecule has 9 heteroatoms. The molecule has 1 saturated heterocycles. The first-order chi connectivity index (χ1) is 12.9. The molecule has 8 nitrogen and oxygen atoms in total. The zero-order valence-corrected chi connectivity index (χ0v) is 16.2. The molecule has 1 atom stereocenters. The molecule has 2 aromatic rings. The third kappa shape index (κ3) is 4.16. The van der Waals surface area contributed by atoms with E-state index in [0.717, 1.165) is 17.1 Å². The Hall–Kier alpha value is -2.74. The maximum absolute atomic E-state index is 12.6. The van der Waals surface area contributed by atoms with Crippen molar-refractivity contribution in [3.05, 3.63) is 40.5 Å². The minimum atomic E-state index is -0.556. The highest BCUT2D eigenvalue weighted by Gasteiger charge is 2.35. The number of methoxy groups -OCH3 is 1. The van der Waals surface area contributed by atoms with Gasteiger partial charge in [-0.3, -0.25) is 14.4 Å². The number of benzene rings is 1. The molecule has 1 aliphatic heterocycles. The molecule has 1 aromatic carbocycles. The monoisotopic (exact) mass is 391 g/mol. The van der Waals surface area contributed by atoms with Crippen LogP contribution in [0.5, 0.6) is 5.75 Å². The summed E-state index contributed by atoms with van der Waals surface area (Å²) in [5.74, 6) is 1.17. The number of urea groups is 1. The quantitative estimate of drug-likeness (QED) is 0.815. The lowest BCUT2D eigenvalue weighted by atomic mass is 10.2. The van der Waals surface area contributed by atoms with Gasteiger partial charge in [0.05, 0.1) is 17.8 Å². The molecule has 3 rings (SSSR count). The number of anilines is 1. The molecule has 1 fully saturated rings. The van der Waals surface area contributed by atoms with Gasteiger partial charge in [0.2, 0.25) is 0 Å². The average molecular weight is 392 g/mol. The molecule has 3 amide bonds. The van der Waals surface area contributed by atoms with E-state index < -0.39 is 12.1 Å². The molecule has 0 aliphatic carbocycles. The summed E-state index contributed by atoms with van der Waals surface area (Å²) in [6.07, 6.45) is 0.546. The molecule has 144 valence electrons. The van der Waals surface area contributed by atoms with E-state index in [1.54, 1.807) is 35.9 Å². The van der Waals surface area contributed by atoms with Crippen LogP contribution in [0.25, 0.3) is 0 Å². The highest BCUT2D eigenvalue weighted by molar-refractivity contribution is 6.32. The van der Waals surface area contributed by atoms with Gasteiger partial charge in [-0.1, -0.05) is 17.7 Å². The Bertz CT molecular complexity index is 867. The fourth-order valence-electron chi connectivity index (χ4n) is 3.10. The van der Waals surface area contributed by atoms with Crippen LogP contribution in [0.3, 0.4) is 0 Å². The number of halogens is 1. The van der Waals surface area contributed by atoms with Crippen LogP contribution in [0.2, 0.25) is 5.02 Å². The number of hydrogen-bond donors (Lipinski definition) is 2. The van der Waals surface area contributed by atoms with Crippen molar-refractivity contribution in [2.24, 2.45) is 7.05 Å². The van der Waals surface area contributed by atoms with Crippen molar-refractivity contribution in [2.45, 2.75) is 25.9 Å². The number of ether oxygens (including phenoxy) is 1. The molecule has 1 aliphatic rings. The van der Waals surface area contributed by atoms with Gasteiger partial charge in [-0.15, -0.1) is 0 Å². The van der Waals surface area contributed by atoms with Gasteiger partial charge in [0.15, 0.2) is 0 Å². The molecular formula is C18H22ClN5O3. The fourth-order valence-corrected chi connectivity index (χ4v) is 3.38. The highest BCUT2D eigenvalue weighted by Crippen LogP contribution is 2.25. The fraction of sp³-hybridized carbons (Fsp3) is 0.389. The second-order valence-electron chi connectivity index (χ2n) is 6.39. The van der Waals surface area contributed by atoms with Gasteiger partial charge in [-0.05, 0) is 31.0 Å². The van der Waals surface area contributed by atoms with Crippen LogP contribution < -0.4 is 20.3 Å². The number of aryl methyl sites for hydroxylation is 2. The number of nitrogens with one attached hydrogen (secondary N) is 2. The maximum Gasteiger partial charge on any atom is 0.315 e. The molecule has 0 radical (unpaired) electrons. The number of nitrogens with zero attached hydrogens (tertiary/aromatic N) is 3. The lowest BCUT2D eigenvalue weighted by Crippen LogP contribution is -2.46. The Morgan fingerprint density at radius 2 is 2.19 bits per heavy atom. The van der Waals surface area contributed by atoms with Crippen molar-refractivity contribution in [2.75, 3.05) is 18.6 Å². The van der Waals surface area contributed by atoms with Gasteiger partial charge < -0.3 is 15.4 Å². The smallest absolute Gasteiger partial charge is 0.315 e. The third-order valence-electron chi connectivity index (χ3n) is 4.43. The second kappa shape index (κ2) is 7.87. The van der Waals surface area contributed by atoms with Gasteiger partial charge in [0, 0.05) is 26.2 Å². The number of carbonyl (C=O) groups is 2. The summed E-state index contributed by atoms with van der Waals surface area (Å²) in [5.41, 5.74) is 1.67. The van der Waals surface area contributed by atoms with E-state index in [1.165, 1.54) is 0 Å². The number of rotatable bonds is 5. The van der Waals surface area contributed by atoms with Crippen molar-refractivity contribution in [1.82, 2.24) is 20.4 Å². The molecule has 2 N–H and O–H groups in total. The molecule has 0 spiro atoms. The summed E-state index contributed by atoms with van der Waals surface area (Å²) in [7, 11) is 3.34. The SMILES string of the molecule is COc1ccc(CNC(=O)NC2CCN(c3cc(C)nn3C)C2=O)cc1Cl. The van der Waals surface area contributed by atoms with Gasteiger partial charge in [-0.25, -0.2) is 4.79 Å². The van der Waals surface area contributed by atoms with Crippen LogP contribution in [0.15, 0.2) is 24.3 Å². The van der Waals surface area contributed by atoms with Crippen molar-refractivity contribution in [3.63, 3.8) is 0 Å². The first-order valence-electron chi connectivity index (χ1n) is 8.58. The van der Waals surface area contributed by atoms with Crippen molar-refractivity contribution >= 4 is 29.4 Å². The minimum absolute atomic E-state index is 0.138. The van der Waals surface area contributed by atoms with Crippen LogP contribution in [0.1, 0.15) is 17.7 Å². The van der Waals surface area contributed by atoms with E-state index >= 15 is 0 Å².